The number of nitrogens with one attached hydrogen (secondary N) is 2. The van der Waals surface area contributed by atoms with E-state index in [1.54, 1.807) is 11.3 Å². The quantitative estimate of drug-likeness (QED) is 0.604. The van der Waals surface area contributed by atoms with Crippen molar-refractivity contribution in [3.63, 3.8) is 0 Å². The molecule has 2 aliphatic rings. The fraction of sp³-hybridized carbons (Fsp3) is 0.316. The number of fused-ring (bicyclic) bond motifs is 3. The predicted octanol–water partition coefficient (Wildman–Crippen LogP) is 3.11. The van der Waals surface area contributed by atoms with Gasteiger partial charge in [-0.15, -0.1) is 0 Å². The Hall–Kier alpha value is -1.95. The second-order valence-electron chi connectivity index (χ2n) is 6.63. The van der Waals surface area contributed by atoms with Crippen molar-refractivity contribution in [1.82, 2.24) is 20.4 Å². The minimum absolute atomic E-state index is 0.986. The SMILES string of the molecule is c1cc(-c2n[nH]c3c2Cc2ccc(CN4CCNCC4)cc2-3)cs1. The van der Waals surface area contributed by atoms with Gasteiger partial charge < -0.3 is 5.32 Å². The molecule has 1 aliphatic heterocycles. The Bertz CT molecular complexity index is 860. The third-order valence-electron chi connectivity index (χ3n) is 5.09. The third-order valence-corrected chi connectivity index (χ3v) is 5.77. The van der Waals surface area contributed by atoms with Gasteiger partial charge in [-0.05, 0) is 28.6 Å². The molecule has 1 saturated heterocycles. The van der Waals surface area contributed by atoms with Gasteiger partial charge >= 0.3 is 0 Å². The molecule has 0 spiro atoms. The Labute approximate surface area is 145 Å². The molecule has 5 heteroatoms. The number of nitrogens with zero attached hydrogens (tertiary/aromatic N) is 2. The first-order valence-corrected chi connectivity index (χ1v) is 9.48. The molecule has 4 nitrogen and oxygen atoms in total. The molecule has 1 aromatic carbocycles. The maximum absolute atomic E-state index is 4.59. The fourth-order valence-corrected chi connectivity index (χ4v) is 4.47. The van der Waals surface area contributed by atoms with Crippen molar-refractivity contribution in [2.24, 2.45) is 0 Å². The molecule has 3 aromatic rings. The van der Waals surface area contributed by atoms with Gasteiger partial charge in [-0.25, -0.2) is 0 Å². The molecule has 0 unspecified atom stereocenters. The number of rotatable bonds is 3. The Kier molecular flexibility index (Phi) is 3.51. The molecule has 5 rings (SSSR count). The zero-order valence-corrected chi connectivity index (χ0v) is 14.3. The summed E-state index contributed by atoms with van der Waals surface area (Å²) in [5.74, 6) is 0. The van der Waals surface area contributed by atoms with Gasteiger partial charge in [-0.3, -0.25) is 10.00 Å². The van der Waals surface area contributed by atoms with Crippen molar-refractivity contribution in [2.45, 2.75) is 13.0 Å². The lowest BCUT2D eigenvalue weighted by Crippen LogP contribution is -2.42. The van der Waals surface area contributed by atoms with Crippen LogP contribution < -0.4 is 5.32 Å². The highest BCUT2D eigenvalue weighted by molar-refractivity contribution is 7.08. The lowest BCUT2D eigenvalue weighted by Gasteiger charge is -2.27. The van der Waals surface area contributed by atoms with E-state index in [-0.39, 0.29) is 0 Å². The van der Waals surface area contributed by atoms with Crippen molar-refractivity contribution in [1.29, 1.82) is 0 Å². The van der Waals surface area contributed by atoms with Gasteiger partial charge in [0.1, 0.15) is 0 Å². The lowest BCUT2D eigenvalue weighted by atomic mass is 10.0. The van der Waals surface area contributed by atoms with Crippen LogP contribution in [0.2, 0.25) is 0 Å². The summed E-state index contributed by atoms with van der Waals surface area (Å²) in [5, 5.41) is 15.6. The van der Waals surface area contributed by atoms with Crippen LogP contribution >= 0.6 is 11.3 Å². The molecule has 1 fully saturated rings. The number of aromatic nitrogens is 2. The van der Waals surface area contributed by atoms with Crippen molar-refractivity contribution >= 4 is 11.3 Å². The minimum atomic E-state index is 0.986. The molecule has 0 atom stereocenters. The summed E-state index contributed by atoms with van der Waals surface area (Å²) in [6, 6.07) is 9.11. The van der Waals surface area contributed by atoms with Gasteiger partial charge in [0.05, 0.1) is 11.4 Å². The van der Waals surface area contributed by atoms with Gasteiger partial charge in [0.2, 0.25) is 0 Å². The van der Waals surface area contributed by atoms with Crippen LogP contribution in [0.15, 0.2) is 35.0 Å². The van der Waals surface area contributed by atoms with Crippen molar-refractivity contribution in [2.75, 3.05) is 26.2 Å². The highest BCUT2D eigenvalue weighted by Crippen LogP contribution is 2.40. The Morgan fingerprint density at radius 1 is 1.17 bits per heavy atom. The fourth-order valence-electron chi connectivity index (χ4n) is 3.82. The summed E-state index contributed by atoms with van der Waals surface area (Å²) >= 11 is 1.72. The summed E-state index contributed by atoms with van der Waals surface area (Å²) in [6.45, 7) is 5.50. The number of hydrogen-bond donors (Lipinski definition) is 2. The first kappa shape index (κ1) is 14.4. The molecule has 0 amide bonds. The number of hydrogen-bond acceptors (Lipinski definition) is 4. The van der Waals surface area contributed by atoms with E-state index in [1.165, 1.54) is 33.5 Å². The van der Waals surface area contributed by atoms with Crippen molar-refractivity contribution in [3.05, 3.63) is 51.7 Å². The van der Waals surface area contributed by atoms with E-state index >= 15 is 0 Å². The zero-order chi connectivity index (χ0) is 15.9. The molecular formula is C19H20N4S. The van der Waals surface area contributed by atoms with Crippen LogP contribution in [0.25, 0.3) is 22.5 Å². The number of H-pyrrole nitrogens is 1. The maximum atomic E-state index is 4.59. The number of piperazine rings is 1. The Morgan fingerprint density at radius 2 is 2.08 bits per heavy atom. The van der Waals surface area contributed by atoms with Crippen LogP contribution in [0.3, 0.4) is 0 Å². The van der Waals surface area contributed by atoms with Crippen LogP contribution in [0.1, 0.15) is 16.7 Å². The van der Waals surface area contributed by atoms with Gasteiger partial charge in [0, 0.05) is 61.2 Å². The molecule has 2 N–H and O–H groups in total. The van der Waals surface area contributed by atoms with E-state index < -0.39 is 0 Å². The van der Waals surface area contributed by atoms with E-state index in [0.717, 1.165) is 44.8 Å². The lowest BCUT2D eigenvalue weighted by molar-refractivity contribution is 0.233. The molecular weight excluding hydrogens is 316 g/mol. The maximum Gasteiger partial charge on any atom is 0.0970 e. The molecule has 0 saturated carbocycles. The largest absolute Gasteiger partial charge is 0.314 e. The van der Waals surface area contributed by atoms with E-state index in [4.69, 9.17) is 0 Å². The third kappa shape index (κ3) is 2.40. The van der Waals surface area contributed by atoms with E-state index in [2.05, 4.69) is 55.4 Å². The topological polar surface area (TPSA) is 44.0 Å². The van der Waals surface area contributed by atoms with E-state index in [0.29, 0.717) is 0 Å². The summed E-state index contributed by atoms with van der Waals surface area (Å²) in [5.41, 5.74) is 9.06. The molecule has 24 heavy (non-hydrogen) atoms. The highest BCUT2D eigenvalue weighted by atomic mass is 32.1. The average Bonchev–Trinajstić information content (AvgIpc) is 3.32. The molecule has 3 heterocycles. The molecule has 1 aliphatic carbocycles. The summed E-state index contributed by atoms with van der Waals surface area (Å²) in [7, 11) is 0. The Morgan fingerprint density at radius 3 is 2.92 bits per heavy atom. The predicted molar refractivity (Wildman–Crippen MR) is 98.3 cm³/mol. The molecule has 0 radical (unpaired) electrons. The number of aromatic amines is 1. The van der Waals surface area contributed by atoms with Crippen LogP contribution in [0.4, 0.5) is 0 Å². The summed E-state index contributed by atoms with van der Waals surface area (Å²) in [6.07, 6.45) is 0.986. The van der Waals surface area contributed by atoms with E-state index in [9.17, 15) is 0 Å². The van der Waals surface area contributed by atoms with Crippen LogP contribution in [0.5, 0.6) is 0 Å². The van der Waals surface area contributed by atoms with Crippen molar-refractivity contribution in [3.8, 4) is 22.5 Å². The molecule has 0 bridgehead atoms. The van der Waals surface area contributed by atoms with Crippen molar-refractivity contribution < 1.29 is 0 Å². The molecule has 122 valence electrons. The number of thiophene rings is 1. The van der Waals surface area contributed by atoms with Crippen LogP contribution in [0, 0.1) is 0 Å². The van der Waals surface area contributed by atoms with Gasteiger partial charge in [0.15, 0.2) is 0 Å². The highest BCUT2D eigenvalue weighted by Gasteiger charge is 2.25. The first-order chi connectivity index (χ1) is 11.9. The molecule has 2 aromatic heterocycles. The standard InChI is InChI=1S/C19H20N4S/c1-2-14-10-17-18(15-3-8-24-12-15)21-22-19(17)16(14)9-13(1)11-23-6-4-20-5-7-23/h1-3,8-9,12,20H,4-7,10-11H2,(H,21,22). The summed E-state index contributed by atoms with van der Waals surface area (Å²) in [4.78, 5) is 2.53. The number of benzene rings is 1. The smallest absolute Gasteiger partial charge is 0.0970 e. The van der Waals surface area contributed by atoms with Gasteiger partial charge in [-0.2, -0.15) is 16.4 Å². The first-order valence-electron chi connectivity index (χ1n) is 8.53. The minimum Gasteiger partial charge on any atom is -0.314 e. The normalized spacial score (nSPS) is 17.0. The second-order valence-corrected chi connectivity index (χ2v) is 7.41. The van der Waals surface area contributed by atoms with Crippen LogP contribution in [-0.2, 0) is 13.0 Å². The van der Waals surface area contributed by atoms with E-state index in [1.807, 2.05) is 0 Å². The van der Waals surface area contributed by atoms with Gasteiger partial charge in [-0.1, -0.05) is 12.1 Å². The summed E-state index contributed by atoms with van der Waals surface area (Å²) < 4.78 is 0. The Balaban J connectivity index is 1.46. The average molecular weight is 336 g/mol. The van der Waals surface area contributed by atoms with Crippen LogP contribution in [-0.4, -0.2) is 41.3 Å². The second kappa shape index (κ2) is 5.84. The monoisotopic (exact) mass is 336 g/mol. The zero-order valence-electron chi connectivity index (χ0n) is 13.5. The van der Waals surface area contributed by atoms with Gasteiger partial charge in [0.25, 0.3) is 0 Å².